The highest BCUT2D eigenvalue weighted by atomic mass is 32.1. The summed E-state index contributed by atoms with van der Waals surface area (Å²) in [5.41, 5.74) is 14.4. The van der Waals surface area contributed by atoms with Gasteiger partial charge in [0, 0.05) is 69.4 Å². The molecule has 4 nitrogen and oxygen atoms in total. The maximum Gasteiger partial charge on any atom is 0.160 e. The van der Waals surface area contributed by atoms with Gasteiger partial charge in [-0.3, -0.25) is 0 Å². The lowest BCUT2D eigenvalue weighted by Crippen LogP contribution is -1.95. The molecule has 0 atom stereocenters. The van der Waals surface area contributed by atoms with Gasteiger partial charge in [0.1, 0.15) is 11.2 Å². The Morgan fingerprint density at radius 3 is 1.81 bits per heavy atom. The highest BCUT2D eigenvalue weighted by molar-refractivity contribution is 7.26. The van der Waals surface area contributed by atoms with Crippen molar-refractivity contribution in [2.75, 3.05) is 0 Å². The van der Waals surface area contributed by atoms with E-state index in [0.29, 0.717) is 5.82 Å². The summed E-state index contributed by atoms with van der Waals surface area (Å²) in [5, 5.41) is 8.09. The van der Waals surface area contributed by atoms with Crippen molar-refractivity contribution in [3.05, 3.63) is 212 Å². The zero-order valence-electron chi connectivity index (χ0n) is 34.4. The van der Waals surface area contributed by atoms with Crippen molar-refractivity contribution in [1.82, 2.24) is 15.0 Å². The lowest BCUT2D eigenvalue weighted by Gasteiger charge is -2.13. The molecule has 0 amide bonds. The van der Waals surface area contributed by atoms with Crippen LogP contribution in [0.25, 0.3) is 131 Å². The number of furan rings is 1. The Bertz CT molecular complexity index is 3890. The second kappa shape index (κ2) is 14.7. The fraction of sp³-hybridized carbons (Fsp3) is 0. The van der Waals surface area contributed by atoms with Crippen LogP contribution in [0.3, 0.4) is 0 Å². The molecule has 0 unspecified atom stereocenters. The average molecular weight is 834 g/mol. The van der Waals surface area contributed by atoms with Crippen LogP contribution in [0.2, 0.25) is 0 Å². The third kappa shape index (κ3) is 6.01. The van der Waals surface area contributed by atoms with Crippen LogP contribution in [0.4, 0.5) is 0 Å². The first-order valence-corrected chi connectivity index (χ1v) is 22.3. The van der Waals surface area contributed by atoms with E-state index < -0.39 is 0 Å². The molecule has 9 aromatic carbocycles. The zero-order chi connectivity index (χ0) is 42.1. The maximum absolute atomic E-state index is 6.44. The zero-order valence-corrected chi connectivity index (χ0v) is 35.2. The van der Waals surface area contributed by atoms with Gasteiger partial charge in [-0.05, 0) is 70.8 Å². The molecule has 0 aliphatic carbocycles. The number of fused-ring (bicyclic) bond motifs is 10. The fourth-order valence-corrected chi connectivity index (χ4v) is 10.7. The first kappa shape index (κ1) is 36.4. The molecule has 0 N–H and O–H groups in total. The highest BCUT2D eigenvalue weighted by Gasteiger charge is 2.19. The predicted octanol–water partition coefficient (Wildman–Crippen LogP) is 16.4. The molecule has 0 saturated heterocycles. The van der Waals surface area contributed by atoms with Gasteiger partial charge in [-0.2, -0.15) is 0 Å². The van der Waals surface area contributed by atoms with Crippen molar-refractivity contribution in [2.45, 2.75) is 0 Å². The van der Waals surface area contributed by atoms with E-state index >= 15 is 0 Å². The standard InChI is InChI=1S/C59H35N3OS/c1-4-14-36(15-5-1)50-35-51(62-59(61-50)38-18-8-3-9-19-38)42-26-28-44-45-24-13-23-43(58(45)64-54(44)34-42)41-21-12-20-39(32-41)40-27-30-49-48(33-40)55-47(57(60-49)37-16-6-2-7-17-37)29-31-53-56(55)46-22-10-11-25-52(46)63-53/h1-35H. The maximum atomic E-state index is 6.44. The van der Waals surface area contributed by atoms with Crippen LogP contribution in [0.5, 0.6) is 0 Å². The molecule has 0 aliphatic heterocycles. The summed E-state index contributed by atoms with van der Waals surface area (Å²) < 4.78 is 8.92. The number of hydrogen-bond acceptors (Lipinski definition) is 5. The molecular formula is C59H35N3OS. The van der Waals surface area contributed by atoms with Crippen LogP contribution in [0, 0.1) is 0 Å². The van der Waals surface area contributed by atoms with E-state index in [1.54, 1.807) is 0 Å². The van der Waals surface area contributed by atoms with Crippen molar-refractivity contribution >= 4 is 75.1 Å². The van der Waals surface area contributed by atoms with E-state index in [2.05, 4.69) is 182 Å². The molecule has 298 valence electrons. The highest BCUT2D eigenvalue weighted by Crippen LogP contribution is 2.44. The minimum Gasteiger partial charge on any atom is -0.456 e. The Morgan fingerprint density at radius 2 is 0.984 bits per heavy atom. The number of thiophene rings is 1. The Labute approximate surface area is 372 Å². The van der Waals surface area contributed by atoms with Gasteiger partial charge in [-0.15, -0.1) is 11.3 Å². The Kier molecular flexibility index (Phi) is 8.36. The van der Waals surface area contributed by atoms with Gasteiger partial charge in [0.05, 0.1) is 22.6 Å². The number of aromatic nitrogens is 3. The topological polar surface area (TPSA) is 51.8 Å². The molecule has 0 spiro atoms. The molecule has 0 bridgehead atoms. The quantitative estimate of drug-likeness (QED) is 0.157. The van der Waals surface area contributed by atoms with Crippen molar-refractivity contribution in [1.29, 1.82) is 0 Å². The number of benzene rings is 9. The summed E-state index contributed by atoms with van der Waals surface area (Å²) in [4.78, 5) is 15.5. The summed E-state index contributed by atoms with van der Waals surface area (Å²) in [5.74, 6) is 0.714. The Morgan fingerprint density at radius 1 is 0.344 bits per heavy atom. The summed E-state index contributed by atoms with van der Waals surface area (Å²) in [6, 6.07) is 74.9. The molecule has 4 heterocycles. The molecular weight excluding hydrogens is 799 g/mol. The number of nitrogens with zero attached hydrogens (tertiary/aromatic N) is 3. The Balaban J connectivity index is 0.936. The van der Waals surface area contributed by atoms with Gasteiger partial charge < -0.3 is 4.42 Å². The van der Waals surface area contributed by atoms with E-state index in [1.807, 2.05) is 41.7 Å². The van der Waals surface area contributed by atoms with Crippen LogP contribution in [0.1, 0.15) is 0 Å². The van der Waals surface area contributed by atoms with Crippen LogP contribution < -0.4 is 0 Å². The number of para-hydroxylation sites is 1. The monoisotopic (exact) mass is 833 g/mol. The van der Waals surface area contributed by atoms with Gasteiger partial charge >= 0.3 is 0 Å². The van der Waals surface area contributed by atoms with Gasteiger partial charge in [0.15, 0.2) is 5.82 Å². The van der Waals surface area contributed by atoms with Crippen molar-refractivity contribution in [3.63, 3.8) is 0 Å². The molecule has 5 heteroatoms. The normalized spacial score (nSPS) is 11.8. The van der Waals surface area contributed by atoms with E-state index in [-0.39, 0.29) is 0 Å². The molecule has 0 fully saturated rings. The molecule has 13 aromatic rings. The second-order valence-electron chi connectivity index (χ2n) is 16.3. The first-order valence-electron chi connectivity index (χ1n) is 21.5. The van der Waals surface area contributed by atoms with E-state index in [1.165, 1.54) is 31.3 Å². The molecule has 4 aromatic heterocycles. The van der Waals surface area contributed by atoms with E-state index in [4.69, 9.17) is 19.4 Å². The second-order valence-corrected chi connectivity index (χ2v) is 17.3. The fourth-order valence-electron chi connectivity index (χ4n) is 9.42. The van der Waals surface area contributed by atoms with Crippen LogP contribution in [-0.2, 0) is 0 Å². The van der Waals surface area contributed by atoms with Crippen molar-refractivity contribution < 1.29 is 4.42 Å². The van der Waals surface area contributed by atoms with E-state index in [9.17, 15) is 0 Å². The summed E-state index contributed by atoms with van der Waals surface area (Å²) in [6.45, 7) is 0. The lowest BCUT2D eigenvalue weighted by atomic mass is 9.93. The van der Waals surface area contributed by atoms with Gasteiger partial charge in [-0.25, -0.2) is 15.0 Å². The van der Waals surface area contributed by atoms with Crippen molar-refractivity contribution in [3.8, 4) is 67.4 Å². The summed E-state index contributed by atoms with van der Waals surface area (Å²) in [7, 11) is 0. The minimum absolute atomic E-state index is 0.714. The molecule has 64 heavy (non-hydrogen) atoms. The van der Waals surface area contributed by atoms with Crippen LogP contribution in [0.15, 0.2) is 217 Å². The average Bonchev–Trinajstić information content (AvgIpc) is 3.95. The predicted molar refractivity (Wildman–Crippen MR) is 268 cm³/mol. The minimum atomic E-state index is 0.714. The van der Waals surface area contributed by atoms with Crippen LogP contribution in [-0.4, -0.2) is 15.0 Å². The van der Waals surface area contributed by atoms with Gasteiger partial charge in [-0.1, -0.05) is 164 Å². The van der Waals surface area contributed by atoms with E-state index in [0.717, 1.165) is 94.1 Å². The number of hydrogen-bond donors (Lipinski definition) is 0. The summed E-state index contributed by atoms with van der Waals surface area (Å²) >= 11 is 1.84. The third-order valence-electron chi connectivity index (χ3n) is 12.5. The molecule has 0 saturated carbocycles. The van der Waals surface area contributed by atoms with Gasteiger partial charge in [0.2, 0.25) is 0 Å². The lowest BCUT2D eigenvalue weighted by molar-refractivity contribution is 0.669. The van der Waals surface area contributed by atoms with Crippen LogP contribution >= 0.6 is 11.3 Å². The summed E-state index contributed by atoms with van der Waals surface area (Å²) in [6.07, 6.45) is 0. The SMILES string of the molecule is c1ccc(-c2cc(-c3ccc4c(c3)sc3c(-c5cccc(-c6ccc7nc(-c8ccccc8)c8ccc9oc%10ccccc%10c9c8c7c6)c5)cccc34)nc(-c3ccccc3)n2)cc1. The van der Waals surface area contributed by atoms with Crippen molar-refractivity contribution in [2.24, 2.45) is 0 Å². The number of pyridine rings is 1. The Hall–Kier alpha value is -8.25. The van der Waals surface area contributed by atoms with Gasteiger partial charge in [0.25, 0.3) is 0 Å². The third-order valence-corrected chi connectivity index (χ3v) is 13.7. The largest absolute Gasteiger partial charge is 0.456 e. The first-order chi connectivity index (χ1) is 31.7. The smallest absolute Gasteiger partial charge is 0.160 e. The molecule has 0 aliphatic rings. The molecule has 13 rings (SSSR count). The number of rotatable bonds is 6. The molecule has 0 radical (unpaired) electrons.